The summed E-state index contributed by atoms with van der Waals surface area (Å²) in [6, 6.07) is 0. The topological polar surface area (TPSA) is 21.7 Å². The van der Waals surface area contributed by atoms with Crippen molar-refractivity contribution in [1.82, 2.24) is 4.90 Å². The summed E-state index contributed by atoms with van der Waals surface area (Å²) >= 11 is 0. The van der Waals surface area contributed by atoms with Crippen molar-refractivity contribution in [2.24, 2.45) is 0 Å². The van der Waals surface area contributed by atoms with Crippen LogP contribution in [0.3, 0.4) is 0 Å². The van der Waals surface area contributed by atoms with E-state index in [1.807, 2.05) is 0 Å². The van der Waals surface area contributed by atoms with Crippen molar-refractivity contribution in [3.8, 4) is 0 Å². The Bertz CT molecular complexity index is 119. The molecule has 12 heavy (non-hydrogen) atoms. The van der Waals surface area contributed by atoms with E-state index in [9.17, 15) is 0 Å². The van der Waals surface area contributed by atoms with Crippen LogP contribution >= 0.6 is 0 Å². The first-order chi connectivity index (χ1) is 5.86. The van der Waals surface area contributed by atoms with Crippen LogP contribution in [0.4, 0.5) is 0 Å². The molecule has 1 heterocycles. The minimum atomic E-state index is 0.445. The predicted octanol–water partition coefficient (Wildman–Crippen LogP) is 0.744. The van der Waals surface area contributed by atoms with Crippen LogP contribution in [0.5, 0.6) is 0 Å². The minimum Gasteiger partial charge on any atom is -0.382 e. The van der Waals surface area contributed by atoms with Gasteiger partial charge in [0.05, 0.1) is 19.3 Å². The van der Waals surface area contributed by atoms with Crippen molar-refractivity contribution in [1.29, 1.82) is 0 Å². The molecular formula is C9H19NO2. The molecular weight excluding hydrogens is 154 g/mol. The summed E-state index contributed by atoms with van der Waals surface area (Å²) < 4.78 is 10.5. The third-order valence-corrected chi connectivity index (χ3v) is 2.32. The van der Waals surface area contributed by atoms with Crippen LogP contribution in [0.15, 0.2) is 0 Å². The molecule has 0 bridgehead atoms. The van der Waals surface area contributed by atoms with Crippen LogP contribution in [0.2, 0.25) is 0 Å². The Morgan fingerprint density at radius 3 is 2.83 bits per heavy atom. The molecule has 3 nitrogen and oxygen atoms in total. The first-order valence-electron chi connectivity index (χ1n) is 4.69. The molecule has 1 rings (SSSR count). The number of rotatable bonds is 5. The van der Waals surface area contributed by atoms with E-state index >= 15 is 0 Å². The lowest BCUT2D eigenvalue weighted by molar-refractivity contribution is 0.0224. The van der Waals surface area contributed by atoms with E-state index in [0.717, 1.165) is 19.7 Å². The van der Waals surface area contributed by atoms with E-state index in [1.165, 1.54) is 13.0 Å². The highest BCUT2D eigenvalue weighted by atomic mass is 16.5. The molecule has 0 aromatic rings. The monoisotopic (exact) mass is 173 g/mol. The quantitative estimate of drug-likeness (QED) is 0.572. The zero-order valence-electron chi connectivity index (χ0n) is 8.08. The van der Waals surface area contributed by atoms with Crippen LogP contribution in [0, 0.1) is 0 Å². The van der Waals surface area contributed by atoms with Gasteiger partial charge in [-0.05, 0) is 13.0 Å². The van der Waals surface area contributed by atoms with E-state index in [4.69, 9.17) is 9.47 Å². The van der Waals surface area contributed by atoms with Gasteiger partial charge in [0.2, 0.25) is 0 Å². The van der Waals surface area contributed by atoms with Crippen molar-refractivity contribution in [3.63, 3.8) is 0 Å². The zero-order valence-corrected chi connectivity index (χ0v) is 8.08. The summed E-state index contributed by atoms with van der Waals surface area (Å²) in [4.78, 5) is 2.41. The number of hydrogen-bond acceptors (Lipinski definition) is 3. The van der Waals surface area contributed by atoms with Gasteiger partial charge < -0.3 is 14.4 Å². The van der Waals surface area contributed by atoms with Crippen LogP contribution < -0.4 is 0 Å². The molecule has 0 N–H and O–H groups in total. The minimum absolute atomic E-state index is 0.445. The molecule has 0 aromatic heterocycles. The molecule has 0 saturated carbocycles. The van der Waals surface area contributed by atoms with E-state index in [-0.39, 0.29) is 0 Å². The first-order valence-corrected chi connectivity index (χ1v) is 4.69. The maximum atomic E-state index is 5.61. The van der Waals surface area contributed by atoms with E-state index in [1.54, 1.807) is 7.11 Å². The average Bonchev–Trinajstić information content (AvgIpc) is 2.53. The van der Waals surface area contributed by atoms with Crippen molar-refractivity contribution in [3.05, 3.63) is 0 Å². The SMILES string of the molecule is CCN1CC[C@H](OCCOC)C1. The van der Waals surface area contributed by atoms with Gasteiger partial charge in [0, 0.05) is 20.2 Å². The van der Waals surface area contributed by atoms with Gasteiger partial charge in [-0.15, -0.1) is 0 Å². The fourth-order valence-electron chi connectivity index (χ4n) is 1.52. The van der Waals surface area contributed by atoms with Gasteiger partial charge in [-0.1, -0.05) is 6.92 Å². The molecule has 0 amide bonds. The third-order valence-electron chi connectivity index (χ3n) is 2.32. The zero-order chi connectivity index (χ0) is 8.81. The summed E-state index contributed by atoms with van der Waals surface area (Å²) in [6.45, 7) is 7.07. The molecule has 3 heteroatoms. The maximum Gasteiger partial charge on any atom is 0.0715 e. The number of hydrogen-bond donors (Lipinski definition) is 0. The fraction of sp³-hybridized carbons (Fsp3) is 1.00. The van der Waals surface area contributed by atoms with Crippen LogP contribution in [-0.2, 0) is 9.47 Å². The molecule has 0 spiro atoms. The number of ether oxygens (including phenoxy) is 2. The fourth-order valence-corrected chi connectivity index (χ4v) is 1.52. The Kier molecular flexibility index (Phi) is 4.58. The average molecular weight is 173 g/mol. The van der Waals surface area contributed by atoms with Gasteiger partial charge in [-0.2, -0.15) is 0 Å². The van der Waals surface area contributed by atoms with E-state index in [2.05, 4.69) is 11.8 Å². The molecule has 1 fully saturated rings. The molecule has 1 aliphatic heterocycles. The standard InChI is InChI=1S/C9H19NO2/c1-3-10-5-4-9(8-10)12-7-6-11-2/h9H,3-8H2,1-2H3/t9-/m0/s1. The van der Waals surface area contributed by atoms with Gasteiger partial charge >= 0.3 is 0 Å². The molecule has 72 valence electrons. The summed E-state index contributed by atoms with van der Waals surface area (Å²) in [7, 11) is 1.70. The molecule has 0 radical (unpaired) electrons. The van der Waals surface area contributed by atoms with Crippen molar-refractivity contribution in [2.75, 3.05) is 40.0 Å². The molecule has 1 saturated heterocycles. The predicted molar refractivity (Wildman–Crippen MR) is 48.3 cm³/mol. The molecule has 0 unspecified atom stereocenters. The van der Waals surface area contributed by atoms with Gasteiger partial charge in [0.25, 0.3) is 0 Å². The molecule has 0 aliphatic carbocycles. The second-order valence-electron chi connectivity index (χ2n) is 3.17. The summed E-state index contributed by atoms with van der Waals surface area (Å²) in [6.07, 6.45) is 1.62. The van der Waals surface area contributed by atoms with Gasteiger partial charge in [0.15, 0.2) is 0 Å². The van der Waals surface area contributed by atoms with Gasteiger partial charge in [-0.25, -0.2) is 0 Å². The first kappa shape index (κ1) is 9.96. The van der Waals surface area contributed by atoms with Gasteiger partial charge in [0.1, 0.15) is 0 Å². The highest BCUT2D eigenvalue weighted by molar-refractivity contribution is 4.74. The summed E-state index contributed by atoms with van der Waals surface area (Å²) in [5.41, 5.74) is 0. The lowest BCUT2D eigenvalue weighted by atomic mass is 10.3. The summed E-state index contributed by atoms with van der Waals surface area (Å²) in [5, 5.41) is 0. The smallest absolute Gasteiger partial charge is 0.0715 e. The normalized spacial score (nSPS) is 25.0. The molecule has 0 aromatic carbocycles. The summed E-state index contributed by atoms with van der Waals surface area (Å²) in [5.74, 6) is 0. The highest BCUT2D eigenvalue weighted by Gasteiger charge is 2.20. The Hall–Kier alpha value is -0.120. The number of methoxy groups -OCH3 is 1. The number of likely N-dealkylation sites (N-methyl/N-ethyl adjacent to an activating group) is 1. The lowest BCUT2D eigenvalue weighted by Crippen LogP contribution is -2.23. The second kappa shape index (κ2) is 5.51. The molecule has 1 atom stereocenters. The Balaban J connectivity index is 2.03. The highest BCUT2D eigenvalue weighted by Crippen LogP contribution is 2.11. The maximum absolute atomic E-state index is 5.61. The Labute approximate surface area is 74.6 Å². The van der Waals surface area contributed by atoms with Crippen molar-refractivity contribution < 1.29 is 9.47 Å². The largest absolute Gasteiger partial charge is 0.382 e. The second-order valence-corrected chi connectivity index (χ2v) is 3.17. The van der Waals surface area contributed by atoms with E-state index < -0.39 is 0 Å². The number of nitrogens with zero attached hydrogens (tertiary/aromatic N) is 1. The van der Waals surface area contributed by atoms with Crippen LogP contribution in [-0.4, -0.2) is 51.0 Å². The van der Waals surface area contributed by atoms with Crippen LogP contribution in [0.1, 0.15) is 13.3 Å². The third kappa shape index (κ3) is 3.09. The lowest BCUT2D eigenvalue weighted by Gasteiger charge is -2.13. The molecule has 1 aliphatic rings. The van der Waals surface area contributed by atoms with Crippen LogP contribution in [0.25, 0.3) is 0 Å². The Morgan fingerprint density at radius 1 is 1.42 bits per heavy atom. The van der Waals surface area contributed by atoms with Crippen molar-refractivity contribution in [2.45, 2.75) is 19.4 Å². The van der Waals surface area contributed by atoms with Crippen molar-refractivity contribution >= 4 is 0 Å². The van der Waals surface area contributed by atoms with Gasteiger partial charge in [-0.3, -0.25) is 0 Å². The Morgan fingerprint density at radius 2 is 2.25 bits per heavy atom. The number of likely N-dealkylation sites (tertiary alicyclic amines) is 1. The van der Waals surface area contributed by atoms with E-state index in [0.29, 0.717) is 12.7 Å².